The third kappa shape index (κ3) is 15.6. The molecule has 0 saturated carbocycles. The minimum atomic E-state index is -2.28. The molecule has 0 amide bonds. The standard InChI is InChI=1S/2C2HCl3O2.Bi/c2*3-2(4,5)1(6)7;/h2*(H,6,7);/q;;+5/p-2. The van der Waals surface area contributed by atoms with Gasteiger partial charge in [0.1, 0.15) is 0 Å². The van der Waals surface area contributed by atoms with Crippen LogP contribution in [0.4, 0.5) is 0 Å². The third-order valence-electron chi connectivity index (χ3n) is 0.463. The summed E-state index contributed by atoms with van der Waals surface area (Å²) in [4.78, 5) is 19.0. The summed E-state index contributed by atoms with van der Waals surface area (Å²) in [6.45, 7) is 0. The van der Waals surface area contributed by atoms with Gasteiger partial charge < -0.3 is 19.8 Å². The minimum Gasteiger partial charge on any atom is -0.545 e. The molecule has 0 unspecified atom stereocenters. The smallest absolute Gasteiger partial charge is 0.545 e. The molecule has 0 radical (unpaired) electrons. The Morgan fingerprint density at radius 1 is 0.733 bits per heavy atom. The third-order valence-corrected chi connectivity index (χ3v) is 1.39. The molecule has 0 aliphatic carbocycles. The molecule has 0 spiro atoms. The summed E-state index contributed by atoms with van der Waals surface area (Å²) >= 11 is 28.4. The fraction of sp³-hybridized carbons (Fsp3) is 0.500. The van der Waals surface area contributed by atoms with Crippen LogP contribution in [-0.2, 0) is 9.59 Å². The van der Waals surface area contributed by atoms with E-state index in [9.17, 15) is 19.8 Å². The van der Waals surface area contributed by atoms with E-state index in [0.717, 1.165) is 0 Å². The number of aliphatic carboxylic acids is 2. The number of hydrogen-bond donors (Lipinski definition) is 0. The van der Waals surface area contributed by atoms with Crippen molar-refractivity contribution in [2.45, 2.75) is 7.59 Å². The Bertz CT molecular complexity index is 196. The molecule has 0 N–H and O–H groups in total. The van der Waals surface area contributed by atoms with Crippen LogP contribution in [0.2, 0.25) is 0 Å². The molecule has 0 aromatic carbocycles. The zero-order chi connectivity index (χ0) is 12.2. The van der Waals surface area contributed by atoms with Gasteiger partial charge in [0.25, 0.3) is 0 Å². The van der Waals surface area contributed by atoms with Gasteiger partial charge in [-0.1, -0.05) is 69.6 Å². The first-order valence-electron chi connectivity index (χ1n) is 2.45. The van der Waals surface area contributed by atoms with Gasteiger partial charge in [0, 0.05) is 0 Å². The summed E-state index contributed by atoms with van der Waals surface area (Å²) in [5.41, 5.74) is 0. The maximum atomic E-state index is 9.51. The molecule has 0 fully saturated rings. The number of rotatable bonds is 0. The molecule has 0 heterocycles. The van der Waals surface area contributed by atoms with Gasteiger partial charge in [-0.2, -0.15) is 0 Å². The average molecular weight is 534 g/mol. The van der Waals surface area contributed by atoms with Crippen molar-refractivity contribution in [2.24, 2.45) is 0 Å². The SMILES string of the molecule is O=C([O-])C(Cl)(Cl)Cl.O=C([O-])C(Cl)(Cl)Cl.[Bi+5]. The maximum absolute atomic E-state index is 9.51. The molecule has 15 heavy (non-hydrogen) atoms. The maximum Gasteiger partial charge on any atom is 5.00 e. The number of carboxylic acid groups (broad SMARTS) is 2. The van der Waals surface area contributed by atoms with Gasteiger partial charge in [-0.25, -0.2) is 0 Å². The predicted octanol–water partition coefficient (Wildman–Crippen LogP) is -0.168. The van der Waals surface area contributed by atoms with Gasteiger partial charge in [-0.3, -0.25) is 0 Å². The minimum absolute atomic E-state index is 0. The number of carboxylic acids is 2. The summed E-state index contributed by atoms with van der Waals surface area (Å²) in [5, 5.41) is 19.0. The van der Waals surface area contributed by atoms with Crippen LogP contribution in [0.1, 0.15) is 0 Å². The van der Waals surface area contributed by atoms with E-state index in [0.29, 0.717) is 0 Å². The molecule has 0 aromatic heterocycles. The number of hydrogen-bond acceptors (Lipinski definition) is 4. The Balaban J connectivity index is -0.000000180. The van der Waals surface area contributed by atoms with E-state index >= 15 is 0 Å². The normalized spacial score (nSPS) is 10.5. The molecule has 0 aliphatic rings. The van der Waals surface area contributed by atoms with E-state index in [2.05, 4.69) is 0 Å². The van der Waals surface area contributed by atoms with Gasteiger partial charge in [0.05, 0.1) is 11.9 Å². The number of carbonyl (C=O) groups excluding carboxylic acids is 2. The Kier molecular flexibility index (Phi) is 12.5. The van der Waals surface area contributed by atoms with E-state index in [1.807, 2.05) is 0 Å². The molecular formula is C4BiCl6O4+3. The zero-order valence-electron chi connectivity index (χ0n) is 6.35. The Hall–Kier alpha value is 1.56. The molecule has 0 bridgehead atoms. The van der Waals surface area contributed by atoms with Gasteiger partial charge in [0.2, 0.25) is 7.59 Å². The molecular weight excluding hydrogens is 534 g/mol. The summed E-state index contributed by atoms with van der Waals surface area (Å²) < 4.78 is -4.56. The van der Waals surface area contributed by atoms with Crippen LogP contribution in [0.15, 0.2) is 0 Å². The van der Waals surface area contributed by atoms with E-state index in [4.69, 9.17) is 69.6 Å². The van der Waals surface area contributed by atoms with E-state index in [1.165, 1.54) is 0 Å². The van der Waals surface area contributed by atoms with Gasteiger partial charge in [0.15, 0.2) is 0 Å². The first-order chi connectivity index (χ1) is 5.89. The van der Waals surface area contributed by atoms with E-state index in [-0.39, 0.29) is 26.2 Å². The van der Waals surface area contributed by atoms with Crippen molar-refractivity contribution in [1.29, 1.82) is 0 Å². The second kappa shape index (κ2) is 8.62. The molecule has 11 heteroatoms. The van der Waals surface area contributed by atoms with Crippen LogP contribution in [-0.4, -0.2) is 45.7 Å². The Morgan fingerprint density at radius 2 is 0.800 bits per heavy atom. The Morgan fingerprint density at radius 3 is 0.800 bits per heavy atom. The second-order valence-corrected chi connectivity index (χ2v) is 6.13. The number of alkyl halides is 6. The van der Waals surface area contributed by atoms with Crippen molar-refractivity contribution < 1.29 is 19.8 Å². The van der Waals surface area contributed by atoms with Crippen molar-refractivity contribution >= 4 is 108 Å². The first kappa shape index (κ1) is 21.8. The van der Waals surface area contributed by atoms with E-state index in [1.54, 1.807) is 0 Å². The van der Waals surface area contributed by atoms with Crippen molar-refractivity contribution in [3.63, 3.8) is 0 Å². The summed E-state index contributed by atoms with van der Waals surface area (Å²) in [6, 6.07) is 0. The van der Waals surface area contributed by atoms with Crippen molar-refractivity contribution in [3.05, 3.63) is 0 Å². The second-order valence-electron chi connectivity index (χ2n) is 1.57. The largest absolute Gasteiger partial charge is 5.00 e. The predicted molar refractivity (Wildman–Crippen MR) is 56.3 cm³/mol. The Labute approximate surface area is 134 Å². The van der Waals surface area contributed by atoms with Crippen molar-refractivity contribution in [2.75, 3.05) is 0 Å². The average Bonchev–Trinajstić information content (AvgIpc) is 1.83. The molecule has 0 saturated heterocycles. The molecule has 84 valence electrons. The zero-order valence-corrected chi connectivity index (χ0v) is 14.4. The van der Waals surface area contributed by atoms with Crippen LogP contribution in [0.3, 0.4) is 0 Å². The number of halogens is 6. The van der Waals surface area contributed by atoms with Gasteiger partial charge in [-0.15, -0.1) is 0 Å². The summed E-state index contributed by atoms with van der Waals surface area (Å²) in [7, 11) is 0. The molecule has 0 atom stereocenters. The number of carbonyl (C=O) groups is 2. The van der Waals surface area contributed by atoms with Crippen molar-refractivity contribution in [1.82, 2.24) is 0 Å². The molecule has 0 aliphatic heterocycles. The summed E-state index contributed by atoms with van der Waals surface area (Å²) in [6.07, 6.45) is 0. The molecule has 4 nitrogen and oxygen atoms in total. The molecule has 0 rings (SSSR count). The van der Waals surface area contributed by atoms with Crippen LogP contribution < -0.4 is 10.2 Å². The molecule has 0 aromatic rings. The van der Waals surface area contributed by atoms with Gasteiger partial charge in [-0.05, 0) is 0 Å². The van der Waals surface area contributed by atoms with Gasteiger partial charge >= 0.3 is 26.2 Å². The quantitative estimate of drug-likeness (QED) is 0.320. The van der Waals surface area contributed by atoms with E-state index < -0.39 is 19.5 Å². The van der Waals surface area contributed by atoms with Crippen LogP contribution >= 0.6 is 69.6 Å². The first-order valence-corrected chi connectivity index (χ1v) is 4.72. The monoisotopic (exact) mass is 531 g/mol. The topological polar surface area (TPSA) is 80.3 Å². The fourth-order valence-corrected chi connectivity index (χ4v) is 0. The summed E-state index contributed by atoms with van der Waals surface area (Å²) in [5.74, 6) is -3.42. The van der Waals surface area contributed by atoms with Crippen LogP contribution in [0.5, 0.6) is 0 Å². The van der Waals surface area contributed by atoms with Crippen molar-refractivity contribution in [3.8, 4) is 0 Å². The fourth-order valence-electron chi connectivity index (χ4n) is 0. The van der Waals surface area contributed by atoms with Crippen LogP contribution in [0.25, 0.3) is 0 Å². The van der Waals surface area contributed by atoms with Crippen LogP contribution in [0, 0.1) is 0 Å².